The molecule has 56 heavy (non-hydrogen) atoms. The first-order chi connectivity index (χ1) is 27.5. The monoisotopic (exact) mass is 781 g/mol. The van der Waals surface area contributed by atoms with E-state index in [0.29, 0.717) is 12.8 Å². The summed E-state index contributed by atoms with van der Waals surface area (Å²) in [4.78, 5) is 37.6. The summed E-state index contributed by atoms with van der Waals surface area (Å²) in [5.74, 6) is -1.06. The molecule has 0 aromatic carbocycles. The van der Waals surface area contributed by atoms with Gasteiger partial charge in [0, 0.05) is 12.8 Å². The van der Waals surface area contributed by atoms with Crippen LogP contribution in [0.2, 0.25) is 0 Å². The molecule has 0 bridgehead atoms. The van der Waals surface area contributed by atoms with Crippen molar-refractivity contribution in [3.05, 3.63) is 72.9 Å². The van der Waals surface area contributed by atoms with E-state index < -0.39 is 12.1 Å². The van der Waals surface area contributed by atoms with Crippen molar-refractivity contribution >= 4 is 17.9 Å². The molecule has 0 amide bonds. The van der Waals surface area contributed by atoms with Crippen LogP contribution >= 0.6 is 0 Å². The van der Waals surface area contributed by atoms with Gasteiger partial charge in [0.2, 0.25) is 0 Å². The molecule has 320 valence electrons. The van der Waals surface area contributed by atoms with E-state index in [0.717, 1.165) is 77.0 Å². The topological polar surface area (TPSA) is 78.9 Å². The fourth-order valence-corrected chi connectivity index (χ4v) is 6.06. The third-order valence-electron chi connectivity index (χ3n) is 9.46. The Morgan fingerprint density at radius 1 is 0.393 bits per heavy atom. The smallest absolute Gasteiger partial charge is 0.309 e. The van der Waals surface area contributed by atoms with E-state index in [1.54, 1.807) is 6.08 Å². The second-order valence-corrected chi connectivity index (χ2v) is 14.9. The van der Waals surface area contributed by atoms with Crippen LogP contribution in [0.3, 0.4) is 0 Å². The van der Waals surface area contributed by atoms with E-state index in [2.05, 4.69) is 81.5 Å². The van der Waals surface area contributed by atoms with Crippen molar-refractivity contribution in [3.8, 4) is 0 Å². The number of ether oxygens (including phenoxy) is 3. The highest BCUT2D eigenvalue weighted by Gasteiger charge is 2.19. The summed E-state index contributed by atoms with van der Waals surface area (Å²) in [5, 5.41) is 0. The van der Waals surface area contributed by atoms with Crippen LogP contribution < -0.4 is 0 Å². The normalized spacial score (nSPS) is 12.7. The highest BCUT2D eigenvalue weighted by Crippen LogP contribution is 2.13. The maximum Gasteiger partial charge on any atom is 0.309 e. The second-order valence-electron chi connectivity index (χ2n) is 14.9. The molecule has 0 saturated heterocycles. The average molecular weight is 781 g/mol. The van der Waals surface area contributed by atoms with Crippen molar-refractivity contribution in [3.63, 3.8) is 0 Å². The largest absolute Gasteiger partial charge is 0.462 e. The zero-order chi connectivity index (χ0) is 40.8. The number of hydrogen-bond acceptors (Lipinski definition) is 6. The van der Waals surface area contributed by atoms with Gasteiger partial charge in [-0.3, -0.25) is 14.4 Å². The lowest BCUT2D eigenvalue weighted by Crippen LogP contribution is -2.30. The Kier molecular flexibility index (Phi) is 42.1. The Morgan fingerprint density at radius 2 is 0.768 bits per heavy atom. The molecular formula is C50H84O6. The SMILES string of the molecule is CC/C=C\C/C=C\C/C=C\CC(=O)OCC(COC(=O)CCCCCCCCC/C=C\CCCCCC)OC(=O)CCCCCCCCC/C=C\C/C=C\CC. The molecule has 0 aliphatic heterocycles. The number of allylic oxidation sites excluding steroid dienone is 11. The maximum atomic E-state index is 12.7. The third kappa shape index (κ3) is 42.0. The van der Waals surface area contributed by atoms with Gasteiger partial charge >= 0.3 is 17.9 Å². The molecule has 0 radical (unpaired) electrons. The van der Waals surface area contributed by atoms with E-state index in [4.69, 9.17) is 14.2 Å². The summed E-state index contributed by atoms with van der Waals surface area (Å²) in [6.07, 6.45) is 54.9. The Bertz CT molecular complexity index is 1080. The fraction of sp³-hybridized carbons (Fsp3) is 0.700. The molecule has 0 N–H and O–H groups in total. The maximum absolute atomic E-state index is 12.7. The number of hydrogen-bond donors (Lipinski definition) is 0. The van der Waals surface area contributed by atoms with Gasteiger partial charge in [0.1, 0.15) is 13.2 Å². The average Bonchev–Trinajstić information content (AvgIpc) is 3.19. The van der Waals surface area contributed by atoms with Gasteiger partial charge in [-0.25, -0.2) is 0 Å². The van der Waals surface area contributed by atoms with Gasteiger partial charge < -0.3 is 14.2 Å². The van der Waals surface area contributed by atoms with E-state index in [-0.39, 0.29) is 31.6 Å². The van der Waals surface area contributed by atoms with Gasteiger partial charge in [-0.15, -0.1) is 0 Å². The third-order valence-corrected chi connectivity index (χ3v) is 9.46. The molecule has 0 rings (SSSR count). The molecule has 6 heteroatoms. The van der Waals surface area contributed by atoms with Crippen molar-refractivity contribution in [1.82, 2.24) is 0 Å². The first kappa shape index (κ1) is 52.9. The molecule has 1 atom stereocenters. The van der Waals surface area contributed by atoms with Gasteiger partial charge in [-0.1, -0.05) is 177 Å². The summed E-state index contributed by atoms with van der Waals surface area (Å²) in [6, 6.07) is 0. The number of esters is 3. The van der Waals surface area contributed by atoms with Crippen molar-refractivity contribution < 1.29 is 28.6 Å². The summed E-state index contributed by atoms with van der Waals surface area (Å²) in [7, 11) is 0. The van der Waals surface area contributed by atoms with Crippen LogP contribution in [0.4, 0.5) is 0 Å². The van der Waals surface area contributed by atoms with Crippen molar-refractivity contribution in [2.24, 2.45) is 0 Å². The number of unbranched alkanes of at least 4 members (excludes halogenated alkanes) is 18. The number of carbonyl (C=O) groups is 3. The first-order valence-corrected chi connectivity index (χ1v) is 22.9. The number of rotatable bonds is 40. The molecule has 0 aromatic rings. The first-order valence-electron chi connectivity index (χ1n) is 22.9. The number of carbonyl (C=O) groups excluding carboxylic acids is 3. The van der Waals surface area contributed by atoms with Gasteiger partial charge in [0.15, 0.2) is 6.10 Å². The van der Waals surface area contributed by atoms with Crippen molar-refractivity contribution in [2.75, 3.05) is 13.2 Å². The molecule has 0 fully saturated rings. The minimum atomic E-state index is -0.814. The lowest BCUT2D eigenvalue weighted by Gasteiger charge is -2.18. The Morgan fingerprint density at radius 3 is 1.27 bits per heavy atom. The van der Waals surface area contributed by atoms with Gasteiger partial charge in [0.05, 0.1) is 6.42 Å². The van der Waals surface area contributed by atoms with E-state index in [9.17, 15) is 14.4 Å². The lowest BCUT2D eigenvalue weighted by molar-refractivity contribution is -0.166. The predicted octanol–water partition coefficient (Wildman–Crippen LogP) is 14.7. The molecule has 0 spiro atoms. The fourth-order valence-electron chi connectivity index (χ4n) is 6.06. The minimum absolute atomic E-state index is 0.108. The molecular weight excluding hydrogens is 697 g/mol. The Balaban J connectivity index is 4.43. The summed E-state index contributed by atoms with van der Waals surface area (Å²) < 4.78 is 16.6. The zero-order valence-electron chi connectivity index (χ0n) is 36.4. The van der Waals surface area contributed by atoms with Crippen molar-refractivity contribution in [1.29, 1.82) is 0 Å². The van der Waals surface area contributed by atoms with Crippen LogP contribution in [-0.2, 0) is 28.6 Å². The van der Waals surface area contributed by atoms with Gasteiger partial charge in [0.25, 0.3) is 0 Å². The molecule has 0 aliphatic rings. The molecule has 0 aromatic heterocycles. The van der Waals surface area contributed by atoms with Crippen LogP contribution in [0.5, 0.6) is 0 Å². The van der Waals surface area contributed by atoms with Crippen LogP contribution in [-0.4, -0.2) is 37.2 Å². The van der Waals surface area contributed by atoms with Crippen LogP contribution in [0.15, 0.2) is 72.9 Å². The minimum Gasteiger partial charge on any atom is -0.462 e. The molecule has 6 nitrogen and oxygen atoms in total. The quantitative estimate of drug-likeness (QED) is 0.0267. The van der Waals surface area contributed by atoms with Crippen molar-refractivity contribution in [2.45, 2.75) is 213 Å². The molecule has 1 unspecified atom stereocenters. The Hall–Kier alpha value is -3.15. The summed E-state index contributed by atoms with van der Waals surface area (Å²) >= 11 is 0. The van der Waals surface area contributed by atoms with Gasteiger partial charge in [-0.2, -0.15) is 0 Å². The van der Waals surface area contributed by atoms with Crippen LogP contribution in [0, 0.1) is 0 Å². The molecule has 0 heterocycles. The standard InChI is InChI=1S/C50H84O6/c1-4-7-10-13-16-19-21-23-25-27-28-31-34-37-40-43-49(52)55-46-47(45-54-48(51)42-39-36-33-30-18-15-12-9-6-3)56-50(53)44-41-38-35-32-29-26-24-22-20-17-14-11-8-5-2/h8-9,11-12,17-21,30,36,39,47H,4-7,10,13-16,22-29,31-35,37-38,40-46H2,1-3H3/b11-8-,12-9-,20-17-,21-19-,30-18-,39-36-. The van der Waals surface area contributed by atoms with E-state index in [1.807, 2.05) is 6.08 Å². The van der Waals surface area contributed by atoms with E-state index >= 15 is 0 Å². The van der Waals surface area contributed by atoms with Gasteiger partial charge in [-0.05, 0) is 83.5 Å². The predicted molar refractivity (Wildman–Crippen MR) is 238 cm³/mol. The summed E-state index contributed by atoms with van der Waals surface area (Å²) in [6.45, 7) is 6.28. The molecule has 0 aliphatic carbocycles. The van der Waals surface area contributed by atoms with Crippen LogP contribution in [0.25, 0.3) is 0 Å². The highest BCUT2D eigenvalue weighted by atomic mass is 16.6. The summed E-state index contributed by atoms with van der Waals surface area (Å²) in [5.41, 5.74) is 0. The molecule has 0 saturated carbocycles. The Labute approximate surface area is 344 Å². The van der Waals surface area contributed by atoms with Crippen LogP contribution in [0.1, 0.15) is 207 Å². The highest BCUT2D eigenvalue weighted by molar-refractivity contribution is 5.72. The second kappa shape index (κ2) is 44.6. The zero-order valence-corrected chi connectivity index (χ0v) is 36.4. The lowest BCUT2D eigenvalue weighted by atomic mass is 10.1. The van der Waals surface area contributed by atoms with E-state index in [1.165, 1.54) is 89.9 Å².